The second-order valence-corrected chi connectivity index (χ2v) is 6.42. The average molecular weight is 329 g/mol. The van der Waals surface area contributed by atoms with Crippen LogP contribution in [0.25, 0.3) is 43.8 Å². The lowest BCUT2D eigenvalue weighted by Gasteiger charge is -2.04. The van der Waals surface area contributed by atoms with Gasteiger partial charge in [0.25, 0.3) is 0 Å². The lowest BCUT2D eigenvalue weighted by Crippen LogP contribution is -1.79. The summed E-state index contributed by atoms with van der Waals surface area (Å²) in [5, 5.41) is 5.46. The van der Waals surface area contributed by atoms with Gasteiger partial charge in [0, 0.05) is 15.8 Å². The Hall–Kier alpha value is -2.77. The molecule has 0 aliphatic heterocycles. The van der Waals surface area contributed by atoms with E-state index in [0.29, 0.717) is 0 Å². The second kappa shape index (κ2) is 5.12. The zero-order valence-electron chi connectivity index (χ0n) is 12.8. The van der Waals surface area contributed by atoms with Gasteiger partial charge in [-0.25, -0.2) is 0 Å². The smallest absolute Gasteiger partial charge is 0.136 e. The summed E-state index contributed by atoms with van der Waals surface area (Å²) in [6.45, 7) is 0. The molecule has 24 heavy (non-hydrogen) atoms. The van der Waals surface area contributed by atoms with Gasteiger partial charge in [-0.1, -0.05) is 60.1 Å². The Morgan fingerprint density at radius 2 is 1.42 bits per heavy atom. The number of halogens is 1. The third-order valence-electron chi connectivity index (χ3n) is 4.52. The lowest BCUT2D eigenvalue weighted by molar-refractivity contribution is 0.669. The summed E-state index contributed by atoms with van der Waals surface area (Å²) in [6, 6.07) is 26.9. The zero-order chi connectivity index (χ0) is 16.1. The highest BCUT2D eigenvalue weighted by atomic mass is 35.5. The molecule has 4 aromatic carbocycles. The van der Waals surface area contributed by atoms with Crippen LogP contribution in [0.5, 0.6) is 0 Å². The van der Waals surface area contributed by atoms with Crippen LogP contribution in [0, 0.1) is 0 Å². The molecule has 0 amide bonds. The number of benzene rings is 4. The monoisotopic (exact) mass is 328 g/mol. The molecule has 0 unspecified atom stereocenters. The van der Waals surface area contributed by atoms with Crippen molar-refractivity contribution in [2.45, 2.75) is 0 Å². The van der Waals surface area contributed by atoms with Crippen LogP contribution < -0.4 is 0 Å². The highest BCUT2D eigenvalue weighted by Crippen LogP contribution is 2.38. The van der Waals surface area contributed by atoms with E-state index < -0.39 is 0 Å². The summed E-state index contributed by atoms with van der Waals surface area (Å²) in [7, 11) is 0. The Morgan fingerprint density at radius 3 is 2.21 bits per heavy atom. The lowest BCUT2D eigenvalue weighted by atomic mass is 9.98. The van der Waals surface area contributed by atoms with Gasteiger partial charge in [-0.15, -0.1) is 0 Å². The fourth-order valence-corrected chi connectivity index (χ4v) is 3.51. The van der Waals surface area contributed by atoms with E-state index in [-0.39, 0.29) is 0 Å². The standard InChI is InChI=1S/C22H13ClO/c23-17-10-8-14(9-11-17)18-6-3-7-20-22(18)19-12-15-4-1-2-5-16(15)13-21(19)24-20/h1-13H. The van der Waals surface area contributed by atoms with Gasteiger partial charge >= 0.3 is 0 Å². The molecule has 0 N–H and O–H groups in total. The van der Waals surface area contributed by atoms with Gasteiger partial charge in [-0.2, -0.15) is 0 Å². The molecular formula is C22H13ClO. The fraction of sp³-hybridized carbons (Fsp3) is 0. The molecule has 0 aliphatic rings. The van der Waals surface area contributed by atoms with Crippen molar-refractivity contribution < 1.29 is 4.42 Å². The minimum absolute atomic E-state index is 0.744. The summed E-state index contributed by atoms with van der Waals surface area (Å²) < 4.78 is 6.12. The average Bonchev–Trinajstić information content (AvgIpc) is 2.98. The maximum absolute atomic E-state index is 6.12. The van der Waals surface area contributed by atoms with E-state index in [1.807, 2.05) is 24.3 Å². The molecule has 0 atom stereocenters. The van der Waals surface area contributed by atoms with Crippen LogP contribution >= 0.6 is 11.6 Å². The molecule has 0 fully saturated rings. The molecule has 1 aromatic heterocycles. The van der Waals surface area contributed by atoms with E-state index in [1.165, 1.54) is 10.8 Å². The normalized spacial score (nSPS) is 11.5. The first-order valence-electron chi connectivity index (χ1n) is 7.89. The molecule has 0 bridgehead atoms. The predicted molar refractivity (Wildman–Crippen MR) is 102 cm³/mol. The largest absolute Gasteiger partial charge is 0.456 e. The van der Waals surface area contributed by atoms with Gasteiger partial charge in [0.05, 0.1) is 0 Å². The first kappa shape index (κ1) is 13.6. The van der Waals surface area contributed by atoms with Crippen LogP contribution in [-0.4, -0.2) is 0 Å². The topological polar surface area (TPSA) is 13.1 Å². The van der Waals surface area contributed by atoms with Crippen LogP contribution in [0.3, 0.4) is 0 Å². The molecule has 1 heterocycles. The summed E-state index contributed by atoms with van der Waals surface area (Å²) in [4.78, 5) is 0. The summed E-state index contributed by atoms with van der Waals surface area (Å²) in [5.41, 5.74) is 4.14. The number of hydrogen-bond acceptors (Lipinski definition) is 1. The Bertz CT molecular complexity index is 1200. The van der Waals surface area contributed by atoms with E-state index in [9.17, 15) is 0 Å². The van der Waals surface area contributed by atoms with Crippen molar-refractivity contribution in [3.63, 3.8) is 0 Å². The summed E-state index contributed by atoms with van der Waals surface area (Å²) in [5.74, 6) is 0. The fourth-order valence-electron chi connectivity index (χ4n) is 3.38. The maximum atomic E-state index is 6.12. The molecule has 0 aliphatic carbocycles. The minimum Gasteiger partial charge on any atom is -0.456 e. The van der Waals surface area contributed by atoms with E-state index in [2.05, 4.69) is 54.6 Å². The molecule has 0 radical (unpaired) electrons. The van der Waals surface area contributed by atoms with Crippen molar-refractivity contribution >= 4 is 44.3 Å². The van der Waals surface area contributed by atoms with Crippen LogP contribution in [0.2, 0.25) is 5.02 Å². The summed E-state index contributed by atoms with van der Waals surface area (Å²) >= 11 is 6.04. The van der Waals surface area contributed by atoms with Crippen LogP contribution in [-0.2, 0) is 0 Å². The van der Waals surface area contributed by atoms with Crippen molar-refractivity contribution in [2.75, 3.05) is 0 Å². The molecule has 0 saturated heterocycles. The van der Waals surface area contributed by atoms with Gasteiger partial charge in [-0.05, 0) is 52.2 Å². The number of rotatable bonds is 1. The molecule has 114 valence electrons. The number of fused-ring (bicyclic) bond motifs is 4. The van der Waals surface area contributed by atoms with E-state index in [1.54, 1.807) is 0 Å². The van der Waals surface area contributed by atoms with Crippen LogP contribution in [0.1, 0.15) is 0 Å². The maximum Gasteiger partial charge on any atom is 0.136 e. The highest BCUT2D eigenvalue weighted by molar-refractivity contribution is 6.30. The highest BCUT2D eigenvalue weighted by Gasteiger charge is 2.13. The van der Waals surface area contributed by atoms with Gasteiger partial charge in [-0.3, -0.25) is 0 Å². The predicted octanol–water partition coefficient (Wildman–Crippen LogP) is 7.06. The molecule has 5 aromatic rings. The van der Waals surface area contributed by atoms with Gasteiger partial charge in [0.1, 0.15) is 11.2 Å². The Labute approximate surface area is 144 Å². The quantitative estimate of drug-likeness (QED) is 0.321. The Balaban J connectivity index is 1.91. The Kier molecular flexibility index (Phi) is 2.91. The SMILES string of the molecule is Clc1ccc(-c2cccc3oc4cc5ccccc5cc4c23)cc1. The van der Waals surface area contributed by atoms with Crippen LogP contribution in [0.15, 0.2) is 83.3 Å². The van der Waals surface area contributed by atoms with E-state index >= 15 is 0 Å². The van der Waals surface area contributed by atoms with E-state index in [0.717, 1.165) is 38.1 Å². The molecule has 2 heteroatoms. The molecule has 1 nitrogen and oxygen atoms in total. The van der Waals surface area contributed by atoms with Gasteiger partial charge < -0.3 is 4.42 Å². The van der Waals surface area contributed by atoms with Crippen LogP contribution in [0.4, 0.5) is 0 Å². The van der Waals surface area contributed by atoms with Crippen molar-refractivity contribution in [2.24, 2.45) is 0 Å². The molecule has 5 rings (SSSR count). The number of furan rings is 1. The first-order valence-corrected chi connectivity index (χ1v) is 8.27. The number of hydrogen-bond donors (Lipinski definition) is 0. The van der Waals surface area contributed by atoms with Crippen molar-refractivity contribution in [1.82, 2.24) is 0 Å². The first-order chi connectivity index (χ1) is 11.8. The molecular weight excluding hydrogens is 316 g/mol. The van der Waals surface area contributed by atoms with Gasteiger partial charge in [0.2, 0.25) is 0 Å². The van der Waals surface area contributed by atoms with Crippen molar-refractivity contribution in [3.8, 4) is 11.1 Å². The molecule has 0 spiro atoms. The molecule has 0 saturated carbocycles. The van der Waals surface area contributed by atoms with Crippen molar-refractivity contribution in [3.05, 3.63) is 83.9 Å². The van der Waals surface area contributed by atoms with Crippen molar-refractivity contribution in [1.29, 1.82) is 0 Å². The Morgan fingerprint density at radius 1 is 0.667 bits per heavy atom. The van der Waals surface area contributed by atoms with Gasteiger partial charge in [0.15, 0.2) is 0 Å². The van der Waals surface area contributed by atoms with E-state index in [4.69, 9.17) is 16.0 Å². The zero-order valence-corrected chi connectivity index (χ0v) is 13.5. The third-order valence-corrected chi connectivity index (χ3v) is 4.77. The third kappa shape index (κ3) is 2.02. The second-order valence-electron chi connectivity index (χ2n) is 5.98. The minimum atomic E-state index is 0.744. The summed E-state index contributed by atoms with van der Waals surface area (Å²) in [6.07, 6.45) is 0.